The Morgan fingerprint density at radius 2 is 2.20 bits per heavy atom. The highest BCUT2D eigenvalue weighted by Crippen LogP contribution is 2.14. The molecular weight excluding hydrogens is 252 g/mol. The molecule has 0 heterocycles. The van der Waals surface area contributed by atoms with Gasteiger partial charge in [0.05, 0.1) is 12.7 Å². The van der Waals surface area contributed by atoms with Crippen molar-refractivity contribution in [2.45, 2.75) is 26.8 Å². The first-order valence-electron chi connectivity index (χ1n) is 6.63. The molecule has 108 valence electrons. The number of benzene rings is 1. The standard InChI is InChI=1S/C16H22N2O2/c1-4-6-14(16(19)20-3)9-12(2)18-15-8-5-7-13(10-15)11-17/h5-10,18H,4,11,17H2,1-3H3/b12-9-,14-6-. The second-order valence-corrected chi connectivity index (χ2v) is 4.42. The first-order chi connectivity index (χ1) is 9.60. The fourth-order valence-corrected chi connectivity index (χ4v) is 1.81. The molecule has 0 spiro atoms. The average Bonchev–Trinajstić information content (AvgIpc) is 2.46. The number of methoxy groups -OCH3 is 1. The molecule has 0 saturated heterocycles. The molecule has 0 aliphatic carbocycles. The third kappa shape index (κ3) is 4.90. The Balaban J connectivity index is 2.87. The van der Waals surface area contributed by atoms with Crippen molar-refractivity contribution < 1.29 is 9.53 Å². The third-order valence-electron chi connectivity index (χ3n) is 2.72. The van der Waals surface area contributed by atoms with Gasteiger partial charge in [0.15, 0.2) is 0 Å². The Morgan fingerprint density at radius 1 is 1.45 bits per heavy atom. The lowest BCUT2D eigenvalue weighted by molar-refractivity contribution is -0.135. The van der Waals surface area contributed by atoms with Crippen LogP contribution in [0.4, 0.5) is 5.69 Å². The first kappa shape index (κ1) is 16.0. The maximum Gasteiger partial charge on any atom is 0.337 e. The van der Waals surface area contributed by atoms with E-state index in [0.29, 0.717) is 12.1 Å². The maximum atomic E-state index is 11.6. The highest BCUT2D eigenvalue weighted by atomic mass is 16.5. The summed E-state index contributed by atoms with van der Waals surface area (Å²) in [6.45, 7) is 4.38. The number of rotatable bonds is 6. The second kappa shape index (κ2) is 8.17. The zero-order valence-corrected chi connectivity index (χ0v) is 12.3. The smallest absolute Gasteiger partial charge is 0.337 e. The van der Waals surface area contributed by atoms with E-state index >= 15 is 0 Å². The maximum absolute atomic E-state index is 11.6. The minimum absolute atomic E-state index is 0.330. The molecule has 0 unspecified atom stereocenters. The Morgan fingerprint density at radius 3 is 2.80 bits per heavy atom. The number of ether oxygens (including phenoxy) is 1. The summed E-state index contributed by atoms with van der Waals surface area (Å²) >= 11 is 0. The summed E-state index contributed by atoms with van der Waals surface area (Å²) in [5, 5.41) is 3.24. The molecule has 1 aromatic rings. The monoisotopic (exact) mass is 274 g/mol. The van der Waals surface area contributed by atoms with Crippen molar-refractivity contribution in [3.05, 3.63) is 53.3 Å². The van der Waals surface area contributed by atoms with Crippen LogP contribution in [0, 0.1) is 0 Å². The van der Waals surface area contributed by atoms with Crippen molar-refractivity contribution in [1.82, 2.24) is 0 Å². The molecule has 0 amide bonds. The summed E-state index contributed by atoms with van der Waals surface area (Å²) < 4.78 is 4.76. The summed E-state index contributed by atoms with van der Waals surface area (Å²) in [6, 6.07) is 7.86. The lowest BCUT2D eigenvalue weighted by atomic mass is 10.1. The van der Waals surface area contributed by atoms with Crippen molar-refractivity contribution in [3.63, 3.8) is 0 Å². The van der Waals surface area contributed by atoms with Gasteiger partial charge in [0.2, 0.25) is 0 Å². The van der Waals surface area contributed by atoms with Crippen molar-refractivity contribution >= 4 is 11.7 Å². The lowest BCUT2D eigenvalue weighted by Crippen LogP contribution is -2.05. The second-order valence-electron chi connectivity index (χ2n) is 4.42. The van der Waals surface area contributed by atoms with Crippen molar-refractivity contribution in [1.29, 1.82) is 0 Å². The van der Waals surface area contributed by atoms with E-state index in [1.807, 2.05) is 44.2 Å². The number of anilines is 1. The number of nitrogens with one attached hydrogen (secondary N) is 1. The van der Waals surface area contributed by atoms with Crippen LogP contribution < -0.4 is 11.1 Å². The van der Waals surface area contributed by atoms with E-state index in [1.165, 1.54) is 7.11 Å². The molecule has 0 bridgehead atoms. The van der Waals surface area contributed by atoms with E-state index in [1.54, 1.807) is 6.08 Å². The minimum atomic E-state index is -0.330. The Labute approximate surface area is 120 Å². The fraction of sp³-hybridized carbons (Fsp3) is 0.312. The van der Waals surface area contributed by atoms with E-state index < -0.39 is 0 Å². The fourth-order valence-electron chi connectivity index (χ4n) is 1.81. The molecule has 0 saturated carbocycles. The van der Waals surface area contributed by atoms with E-state index in [-0.39, 0.29) is 5.97 Å². The minimum Gasteiger partial charge on any atom is -0.465 e. The van der Waals surface area contributed by atoms with Gasteiger partial charge in [0.25, 0.3) is 0 Å². The Kier molecular flexibility index (Phi) is 6.53. The van der Waals surface area contributed by atoms with Gasteiger partial charge in [0, 0.05) is 17.9 Å². The van der Waals surface area contributed by atoms with Gasteiger partial charge in [-0.25, -0.2) is 4.79 Å². The van der Waals surface area contributed by atoms with Crippen LogP contribution in [0.5, 0.6) is 0 Å². The molecule has 20 heavy (non-hydrogen) atoms. The normalized spacial score (nSPS) is 12.2. The van der Waals surface area contributed by atoms with E-state index in [4.69, 9.17) is 10.5 Å². The summed E-state index contributed by atoms with van der Waals surface area (Å²) in [5.41, 5.74) is 9.03. The first-order valence-corrected chi connectivity index (χ1v) is 6.63. The van der Waals surface area contributed by atoms with Crippen LogP contribution in [-0.2, 0) is 16.1 Å². The average molecular weight is 274 g/mol. The lowest BCUT2D eigenvalue weighted by Gasteiger charge is -2.09. The molecule has 1 rings (SSSR count). The molecule has 4 heteroatoms. The summed E-state index contributed by atoms with van der Waals surface area (Å²) in [7, 11) is 1.38. The van der Waals surface area contributed by atoms with E-state index in [2.05, 4.69) is 5.32 Å². The van der Waals surface area contributed by atoms with E-state index in [0.717, 1.165) is 23.4 Å². The highest BCUT2D eigenvalue weighted by Gasteiger charge is 2.06. The molecule has 0 atom stereocenters. The number of carbonyl (C=O) groups is 1. The van der Waals surface area contributed by atoms with Crippen LogP contribution in [0.25, 0.3) is 0 Å². The van der Waals surface area contributed by atoms with Crippen LogP contribution in [-0.4, -0.2) is 13.1 Å². The van der Waals surface area contributed by atoms with Crippen LogP contribution in [0.1, 0.15) is 25.8 Å². The van der Waals surface area contributed by atoms with Crippen molar-refractivity contribution in [3.8, 4) is 0 Å². The number of carbonyl (C=O) groups excluding carboxylic acids is 1. The van der Waals surface area contributed by atoms with E-state index in [9.17, 15) is 4.79 Å². The van der Waals surface area contributed by atoms with Crippen LogP contribution in [0.15, 0.2) is 47.7 Å². The molecule has 3 N–H and O–H groups in total. The molecule has 4 nitrogen and oxygen atoms in total. The van der Waals surface area contributed by atoms with Gasteiger partial charge >= 0.3 is 5.97 Å². The van der Waals surface area contributed by atoms with Gasteiger partial charge in [-0.1, -0.05) is 25.1 Å². The van der Waals surface area contributed by atoms with Gasteiger partial charge in [-0.3, -0.25) is 0 Å². The SMILES string of the molecule is CC/C=C(/C=C(/C)Nc1cccc(CN)c1)C(=O)OC. The number of esters is 1. The zero-order valence-electron chi connectivity index (χ0n) is 12.3. The molecule has 0 aliphatic heterocycles. The third-order valence-corrected chi connectivity index (χ3v) is 2.72. The molecular formula is C16H22N2O2. The largest absolute Gasteiger partial charge is 0.465 e. The number of hydrogen-bond donors (Lipinski definition) is 2. The number of nitrogens with two attached hydrogens (primary N) is 1. The number of allylic oxidation sites excluding steroid dienone is 2. The summed E-state index contributed by atoms with van der Waals surface area (Å²) in [6.07, 6.45) is 4.40. The molecule has 1 aromatic carbocycles. The van der Waals surface area contributed by atoms with Crippen LogP contribution in [0.2, 0.25) is 0 Å². The molecule has 0 radical (unpaired) electrons. The summed E-state index contributed by atoms with van der Waals surface area (Å²) in [4.78, 5) is 11.6. The predicted octanol–water partition coefficient (Wildman–Crippen LogP) is 2.97. The Hall–Kier alpha value is -2.07. The van der Waals surface area contributed by atoms with Crippen LogP contribution >= 0.6 is 0 Å². The molecule has 0 aromatic heterocycles. The summed E-state index contributed by atoms with van der Waals surface area (Å²) in [5.74, 6) is -0.330. The topological polar surface area (TPSA) is 64.3 Å². The highest BCUT2D eigenvalue weighted by molar-refractivity contribution is 5.91. The van der Waals surface area contributed by atoms with Crippen molar-refractivity contribution in [2.75, 3.05) is 12.4 Å². The molecule has 0 aliphatic rings. The van der Waals surface area contributed by atoms with Gasteiger partial charge in [-0.15, -0.1) is 0 Å². The molecule has 0 fully saturated rings. The Bertz CT molecular complexity index is 519. The number of hydrogen-bond acceptors (Lipinski definition) is 4. The predicted molar refractivity (Wildman–Crippen MR) is 82.1 cm³/mol. The quantitative estimate of drug-likeness (QED) is 0.475. The van der Waals surface area contributed by atoms with Gasteiger partial charge in [0.1, 0.15) is 0 Å². The van der Waals surface area contributed by atoms with Gasteiger partial charge in [-0.05, 0) is 37.1 Å². The van der Waals surface area contributed by atoms with Crippen LogP contribution in [0.3, 0.4) is 0 Å². The van der Waals surface area contributed by atoms with Gasteiger partial charge < -0.3 is 15.8 Å². The zero-order chi connectivity index (χ0) is 15.0. The van der Waals surface area contributed by atoms with Crippen molar-refractivity contribution in [2.24, 2.45) is 5.73 Å². The van der Waals surface area contributed by atoms with Gasteiger partial charge in [-0.2, -0.15) is 0 Å².